The average molecular weight is 342 g/mol. The van der Waals surface area contributed by atoms with Gasteiger partial charge >= 0.3 is 0 Å². The first-order chi connectivity index (χ1) is 12.7. The maximum atomic E-state index is 12.9. The number of carbonyl (C=O) groups excluding carboxylic acids is 1. The first-order valence-electron chi connectivity index (χ1n) is 8.43. The Morgan fingerprint density at radius 2 is 1.62 bits per heavy atom. The predicted molar refractivity (Wildman–Crippen MR) is 103 cm³/mol. The lowest BCUT2D eigenvalue weighted by Gasteiger charge is -2.21. The molecule has 0 bridgehead atoms. The molecule has 0 saturated carbocycles. The molecule has 0 atom stereocenters. The van der Waals surface area contributed by atoms with Gasteiger partial charge in [0, 0.05) is 12.6 Å². The molecule has 4 aromatic rings. The SMILES string of the molecule is CN(C(=O)Cn1nnc2ccccc21)c1ccccc1-c1ccccc1. The quantitative estimate of drug-likeness (QED) is 0.567. The molecule has 1 amide bonds. The van der Waals surface area contributed by atoms with Crippen LogP contribution in [0.5, 0.6) is 0 Å². The lowest BCUT2D eigenvalue weighted by molar-refractivity contribution is -0.119. The van der Waals surface area contributed by atoms with Gasteiger partial charge in [-0.05, 0) is 23.8 Å². The van der Waals surface area contributed by atoms with Crippen molar-refractivity contribution < 1.29 is 4.79 Å². The first kappa shape index (κ1) is 16.0. The topological polar surface area (TPSA) is 51.0 Å². The fourth-order valence-electron chi connectivity index (χ4n) is 3.03. The van der Waals surface area contributed by atoms with Gasteiger partial charge in [-0.1, -0.05) is 65.9 Å². The van der Waals surface area contributed by atoms with Crippen LogP contribution < -0.4 is 4.90 Å². The summed E-state index contributed by atoms with van der Waals surface area (Å²) in [6.07, 6.45) is 0. The number of benzene rings is 3. The summed E-state index contributed by atoms with van der Waals surface area (Å²) in [6, 6.07) is 25.6. The Kier molecular flexibility index (Phi) is 4.19. The molecule has 4 rings (SSSR count). The van der Waals surface area contributed by atoms with Crippen molar-refractivity contribution in [2.45, 2.75) is 6.54 Å². The molecule has 1 heterocycles. The van der Waals surface area contributed by atoms with E-state index in [1.54, 1.807) is 16.6 Å². The highest BCUT2D eigenvalue weighted by molar-refractivity contribution is 5.97. The summed E-state index contributed by atoms with van der Waals surface area (Å²) in [5, 5.41) is 8.22. The van der Waals surface area contributed by atoms with E-state index in [1.807, 2.05) is 78.9 Å². The van der Waals surface area contributed by atoms with Crippen LogP contribution >= 0.6 is 0 Å². The van der Waals surface area contributed by atoms with Gasteiger partial charge in [0.1, 0.15) is 12.1 Å². The standard InChI is InChI=1S/C21H18N4O/c1-24(19-13-7-5-11-17(19)16-9-3-2-4-10-16)21(26)15-25-20-14-8-6-12-18(20)22-23-25/h2-14H,15H2,1H3. The van der Waals surface area contributed by atoms with Crippen LogP contribution in [0.15, 0.2) is 78.9 Å². The summed E-state index contributed by atoms with van der Waals surface area (Å²) in [5.41, 5.74) is 4.60. The highest BCUT2D eigenvalue weighted by Crippen LogP contribution is 2.30. The van der Waals surface area contributed by atoms with E-state index in [2.05, 4.69) is 10.3 Å². The van der Waals surface area contributed by atoms with Gasteiger partial charge in [0.05, 0.1) is 11.2 Å². The number of carbonyl (C=O) groups is 1. The van der Waals surface area contributed by atoms with Crippen molar-refractivity contribution in [1.82, 2.24) is 15.0 Å². The maximum Gasteiger partial charge on any atom is 0.248 e. The Morgan fingerprint density at radius 3 is 2.46 bits per heavy atom. The van der Waals surface area contributed by atoms with E-state index >= 15 is 0 Å². The third kappa shape index (κ3) is 2.95. The van der Waals surface area contributed by atoms with Crippen LogP contribution in [-0.2, 0) is 11.3 Å². The van der Waals surface area contributed by atoms with Crippen molar-refractivity contribution in [3.63, 3.8) is 0 Å². The van der Waals surface area contributed by atoms with Crippen LogP contribution in [0.3, 0.4) is 0 Å². The molecule has 0 aliphatic rings. The molecular formula is C21H18N4O. The number of hydrogen-bond donors (Lipinski definition) is 0. The number of hydrogen-bond acceptors (Lipinski definition) is 3. The van der Waals surface area contributed by atoms with Crippen molar-refractivity contribution in [2.24, 2.45) is 0 Å². The van der Waals surface area contributed by atoms with Gasteiger partial charge in [0.2, 0.25) is 5.91 Å². The van der Waals surface area contributed by atoms with Gasteiger partial charge in [0.25, 0.3) is 0 Å². The molecule has 5 nitrogen and oxygen atoms in total. The fourth-order valence-corrected chi connectivity index (χ4v) is 3.03. The second-order valence-corrected chi connectivity index (χ2v) is 6.07. The molecule has 1 aromatic heterocycles. The third-order valence-corrected chi connectivity index (χ3v) is 4.43. The van der Waals surface area contributed by atoms with E-state index < -0.39 is 0 Å². The highest BCUT2D eigenvalue weighted by Gasteiger charge is 2.17. The van der Waals surface area contributed by atoms with Gasteiger partial charge in [0.15, 0.2) is 0 Å². The van der Waals surface area contributed by atoms with Crippen LogP contribution in [0, 0.1) is 0 Å². The molecule has 0 spiro atoms. The van der Waals surface area contributed by atoms with Gasteiger partial charge < -0.3 is 4.90 Å². The Hall–Kier alpha value is -3.47. The molecule has 0 aliphatic heterocycles. The van der Waals surface area contributed by atoms with E-state index in [0.29, 0.717) is 0 Å². The summed E-state index contributed by atoms with van der Waals surface area (Å²) in [7, 11) is 1.79. The monoisotopic (exact) mass is 342 g/mol. The minimum Gasteiger partial charge on any atom is -0.313 e. The smallest absolute Gasteiger partial charge is 0.248 e. The summed E-state index contributed by atoms with van der Waals surface area (Å²) in [6.45, 7) is 0.139. The summed E-state index contributed by atoms with van der Waals surface area (Å²) < 4.78 is 1.64. The minimum absolute atomic E-state index is 0.0518. The lowest BCUT2D eigenvalue weighted by atomic mass is 10.0. The predicted octanol–water partition coefficient (Wildman–Crippen LogP) is 3.76. The van der Waals surface area contributed by atoms with Crippen LogP contribution in [0.1, 0.15) is 0 Å². The molecule has 128 valence electrons. The van der Waals surface area contributed by atoms with Crippen LogP contribution in [0.2, 0.25) is 0 Å². The van der Waals surface area contributed by atoms with E-state index in [-0.39, 0.29) is 12.5 Å². The van der Waals surface area contributed by atoms with Gasteiger partial charge in [-0.2, -0.15) is 0 Å². The largest absolute Gasteiger partial charge is 0.313 e. The van der Waals surface area contributed by atoms with Crippen molar-refractivity contribution >= 4 is 22.6 Å². The van der Waals surface area contributed by atoms with Crippen molar-refractivity contribution in [3.8, 4) is 11.1 Å². The molecule has 26 heavy (non-hydrogen) atoms. The Labute approximate surface area is 151 Å². The highest BCUT2D eigenvalue weighted by atomic mass is 16.2. The number of aromatic nitrogens is 3. The average Bonchev–Trinajstić information content (AvgIpc) is 3.11. The Balaban J connectivity index is 1.64. The number of nitrogens with zero attached hydrogens (tertiary/aromatic N) is 4. The van der Waals surface area contributed by atoms with Gasteiger partial charge in [-0.25, -0.2) is 4.68 Å². The second kappa shape index (κ2) is 6.80. The zero-order valence-electron chi connectivity index (χ0n) is 14.4. The molecule has 3 aromatic carbocycles. The van der Waals surface area contributed by atoms with Crippen molar-refractivity contribution in [1.29, 1.82) is 0 Å². The zero-order valence-corrected chi connectivity index (χ0v) is 14.4. The van der Waals surface area contributed by atoms with E-state index in [4.69, 9.17) is 0 Å². The second-order valence-electron chi connectivity index (χ2n) is 6.07. The Morgan fingerprint density at radius 1 is 0.923 bits per heavy atom. The van der Waals surface area contributed by atoms with E-state index in [9.17, 15) is 4.79 Å². The van der Waals surface area contributed by atoms with E-state index in [1.165, 1.54) is 0 Å². The number of para-hydroxylation sites is 2. The molecule has 0 fully saturated rings. The number of likely N-dealkylation sites (N-methyl/N-ethyl adjacent to an activating group) is 1. The molecule has 0 aliphatic carbocycles. The molecule has 5 heteroatoms. The Bertz CT molecular complexity index is 1060. The van der Waals surface area contributed by atoms with Crippen LogP contribution in [0.25, 0.3) is 22.2 Å². The molecular weight excluding hydrogens is 324 g/mol. The molecule has 0 N–H and O–H groups in total. The summed E-state index contributed by atoms with van der Waals surface area (Å²) in [4.78, 5) is 14.6. The number of fused-ring (bicyclic) bond motifs is 1. The van der Waals surface area contributed by atoms with Gasteiger partial charge in [-0.3, -0.25) is 4.79 Å². The van der Waals surface area contributed by atoms with Gasteiger partial charge in [-0.15, -0.1) is 5.10 Å². The first-order valence-corrected chi connectivity index (χ1v) is 8.43. The third-order valence-electron chi connectivity index (χ3n) is 4.43. The van der Waals surface area contributed by atoms with Crippen LogP contribution in [-0.4, -0.2) is 27.9 Å². The maximum absolute atomic E-state index is 12.9. The summed E-state index contributed by atoms with van der Waals surface area (Å²) in [5.74, 6) is -0.0518. The molecule has 0 unspecified atom stereocenters. The minimum atomic E-state index is -0.0518. The number of anilines is 1. The van der Waals surface area contributed by atoms with Crippen molar-refractivity contribution in [3.05, 3.63) is 78.9 Å². The molecule has 0 saturated heterocycles. The van der Waals surface area contributed by atoms with E-state index in [0.717, 1.165) is 27.8 Å². The lowest BCUT2D eigenvalue weighted by Crippen LogP contribution is -2.30. The normalized spacial score (nSPS) is 10.8. The van der Waals surface area contributed by atoms with Crippen LogP contribution in [0.4, 0.5) is 5.69 Å². The zero-order chi connectivity index (χ0) is 17.9. The van der Waals surface area contributed by atoms with Crippen molar-refractivity contribution in [2.75, 3.05) is 11.9 Å². The fraction of sp³-hybridized carbons (Fsp3) is 0.0952. The summed E-state index contributed by atoms with van der Waals surface area (Å²) >= 11 is 0. The number of rotatable bonds is 4. The number of amides is 1. The molecule has 0 radical (unpaired) electrons.